The van der Waals surface area contributed by atoms with E-state index >= 15 is 0 Å². The summed E-state index contributed by atoms with van der Waals surface area (Å²) in [5.41, 5.74) is -1.12. The van der Waals surface area contributed by atoms with E-state index in [0.29, 0.717) is 50.6 Å². The van der Waals surface area contributed by atoms with Crippen LogP contribution in [0.4, 0.5) is 0 Å². The monoisotopic (exact) mass is 679 g/mol. The average Bonchev–Trinajstić information content (AvgIpc) is 3.67. The zero-order valence-corrected chi connectivity index (χ0v) is 30.3. The van der Waals surface area contributed by atoms with Gasteiger partial charge >= 0.3 is 5.97 Å². The van der Waals surface area contributed by atoms with Gasteiger partial charge < -0.3 is 29.7 Å². The molecule has 0 aromatic heterocycles. The van der Waals surface area contributed by atoms with Crippen LogP contribution in [0.3, 0.4) is 0 Å². The molecule has 0 aliphatic carbocycles. The molecule has 0 saturated carbocycles. The molecule has 2 bridgehead atoms. The second-order valence-electron chi connectivity index (χ2n) is 15.8. The maximum Gasteiger partial charge on any atom is 0.313 e. The summed E-state index contributed by atoms with van der Waals surface area (Å²) in [7, 11) is 0. The van der Waals surface area contributed by atoms with E-state index in [1.54, 1.807) is 24.0 Å². The van der Waals surface area contributed by atoms with E-state index < -0.39 is 53.2 Å². The zero-order chi connectivity index (χ0) is 36.1. The quantitative estimate of drug-likeness (QED) is 0.133. The van der Waals surface area contributed by atoms with Crippen LogP contribution in [-0.2, 0) is 28.7 Å². The number of hydrogen-bond acceptors (Lipinski definition) is 7. The minimum absolute atomic E-state index is 0.0346. The van der Waals surface area contributed by atoms with Gasteiger partial charge in [-0.15, -0.1) is 13.2 Å². The molecule has 1 aromatic rings. The largest absolute Gasteiger partial charge is 0.455 e. The van der Waals surface area contributed by atoms with Gasteiger partial charge in [0.15, 0.2) is 0 Å². The predicted molar refractivity (Wildman–Crippen MR) is 188 cm³/mol. The highest BCUT2D eigenvalue weighted by Gasteiger charge is 2.75. The molecule has 2 N–H and O–H groups in total. The van der Waals surface area contributed by atoms with Gasteiger partial charge in [0.2, 0.25) is 17.7 Å². The molecular formula is C39H57N3O7. The second-order valence-corrected chi connectivity index (χ2v) is 15.8. The van der Waals surface area contributed by atoms with E-state index in [0.717, 1.165) is 0 Å². The summed E-state index contributed by atoms with van der Waals surface area (Å²) in [4.78, 5) is 59.8. The lowest BCUT2D eigenvalue weighted by molar-refractivity contribution is -0.162. The van der Waals surface area contributed by atoms with Crippen molar-refractivity contribution in [1.29, 1.82) is 0 Å². The van der Waals surface area contributed by atoms with Crippen LogP contribution < -0.4 is 5.32 Å². The van der Waals surface area contributed by atoms with Crippen LogP contribution in [0, 0.1) is 17.3 Å². The number of nitrogens with one attached hydrogen (secondary N) is 1. The first-order chi connectivity index (χ1) is 23.1. The van der Waals surface area contributed by atoms with Crippen molar-refractivity contribution in [3.8, 4) is 0 Å². The maximum atomic E-state index is 14.9. The Labute approximate surface area is 292 Å². The highest BCUT2D eigenvalue weighted by molar-refractivity contribution is 5.98. The molecule has 10 heteroatoms. The van der Waals surface area contributed by atoms with Crippen molar-refractivity contribution in [2.75, 3.05) is 19.7 Å². The Morgan fingerprint density at radius 1 is 1.14 bits per heavy atom. The van der Waals surface area contributed by atoms with Crippen LogP contribution in [0.5, 0.6) is 0 Å². The number of amides is 3. The first-order valence-electron chi connectivity index (χ1n) is 17.8. The fraction of sp³-hybridized carbons (Fsp3) is 0.641. The number of likely N-dealkylation sites (tertiary alicyclic amines) is 1. The summed E-state index contributed by atoms with van der Waals surface area (Å²) >= 11 is 0. The van der Waals surface area contributed by atoms with Crippen LogP contribution in [0.15, 0.2) is 55.6 Å². The average molecular weight is 680 g/mol. The fourth-order valence-electron chi connectivity index (χ4n) is 8.58. The molecule has 1 aromatic carbocycles. The number of esters is 1. The van der Waals surface area contributed by atoms with Crippen LogP contribution in [-0.4, -0.2) is 87.6 Å². The number of fused-ring (bicyclic) bond motifs is 1. The van der Waals surface area contributed by atoms with Gasteiger partial charge in [0.25, 0.3) is 0 Å². The van der Waals surface area contributed by atoms with E-state index in [1.807, 2.05) is 49.1 Å². The molecule has 0 radical (unpaired) electrons. The number of nitrogens with zero attached hydrogens (tertiary/aromatic N) is 2. The van der Waals surface area contributed by atoms with Crippen molar-refractivity contribution in [2.45, 2.75) is 122 Å². The third-order valence-corrected chi connectivity index (χ3v) is 10.2. The molecule has 3 amide bonds. The third-order valence-electron chi connectivity index (χ3n) is 10.2. The number of aliphatic hydroxyl groups is 1. The Morgan fingerprint density at radius 2 is 1.84 bits per heavy atom. The SMILES string of the molecule is C=CCCC(=O)N[C@@H](C)[C@H](OC(=O)[C@@H]1[C@@H]2CC[C@]3(O2)[C@H](C(=O)N(CC=C)C(C)(C)CC(C)(C)C)N(CCCCO)C(=O)[C@@H]13)c1ccccc1. The van der Waals surface area contributed by atoms with Crippen molar-refractivity contribution < 1.29 is 33.8 Å². The van der Waals surface area contributed by atoms with Crippen molar-refractivity contribution in [2.24, 2.45) is 17.3 Å². The summed E-state index contributed by atoms with van der Waals surface area (Å²) < 4.78 is 12.9. The first kappa shape index (κ1) is 38.3. The van der Waals surface area contributed by atoms with Crippen molar-refractivity contribution in [3.05, 3.63) is 61.2 Å². The van der Waals surface area contributed by atoms with E-state index in [-0.39, 0.29) is 42.7 Å². The van der Waals surface area contributed by atoms with Gasteiger partial charge in [-0.3, -0.25) is 19.2 Å². The minimum Gasteiger partial charge on any atom is -0.455 e. The lowest BCUT2D eigenvalue weighted by Gasteiger charge is -2.45. The molecule has 3 aliphatic rings. The standard InChI is InChI=1S/C39H57N3O7/c1-9-11-19-29(44)40-26(3)32(27-17-13-12-14-18-27)48-36(47)30-28-20-21-39(49-28)31(30)34(45)41(23-15-16-24-43)33(39)35(46)42(22-10-2)38(7,8)25-37(4,5)6/h9-10,12-14,17-18,26,28,30-33,43H,1-2,11,15-16,19-25H2,3-8H3,(H,40,44)/t26-,28-,30+,31+,32-,33-,39+/m0/s1. The molecule has 4 rings (SSSR count). The molecular weight excluding hydrogens is 622 g/mol. The Bertz CT molecular complexity index is 1370. The molecule has 3 fully saturated rings. The van der Waals surface area contributed by atoms with Gasteiger partial charge in [0.1, 0.15) is 17.7 Å². The molecule has 7 atom stereocenters. The smallest absolute Gasteiger partial charge is 0.313 e. The van der Waals surface area contributed by atoms with E-state index in [1.165, 1.54) is 0 Å². The molecule has 1 spiro atoms. The van der Waals surface area contributed by atoms with Gasteiger partial charge in [-0.25, -0.2) is 0 Å². The van der Waals surface area contributed by atoms with Gasteiger partial charge in [0, 0.05) is 31.7 Å². The van der Waals surface area contributed by atoms with Crippen molar-refractivity contribution >= 4 is 23.7 Å². The van der Waals surface area contributed by atoms with Crippen LogP contribution in [0.1, 0.15) is 98.2 Å². The molecule has 3 heterocycles. The summed E-state index contributed by atoms with van der Waals surface area (Å²) in [6, 6.07) is 7.74. The number of rotatable bonds is 17. The van der Waals surface area contributed by atoms with Crippen LogP contribution in [0.25, 0.3) is 0 Å². The Morgan fingerprint density at radius 3 is 2.45 bits per heavy atom. The normalized spacial score (nSPS) is 25.8. The summed E-state index contributed by atoms with van der Waals surface area (Å²) in [5.74, 6) is -3.09. The molecule has 270 valence electrons. The number of unbranched alkanes of at least 4 members (excludes halogenated alkanes) is 1. The van der Waals surface area contributed by atoms with Gasteiger partial charge in [-0.1, -0.05) is 63.3 Å². The number of benzene rings is 1. The molecule has 3 saturated heterocycles. The number of aliphatic hydroxyl groups excluding tert-OH is 1. The van der Waals surface area contributed by atoms with E-state index in [4.69, 9.17) is 9.47 Å². The Hall–Kier alpha value is -3.50. The summed E-state index contributed by atoms with van der Waals surface area (Å²) in [6.07, 6.45) is 5.42. The van der Waals surface area contributed by atoms with Gasteiger partial charge in [-0.2, -0.15) is 0 Å². The van der Waals surface area contributed by atoms with Crippen molar-refractivity contribution in [3.63, 3.8) is 0 Å². The van der Waals surface area contributed by atoms with Gasteiger partial charge in [0.05, 0.1) is 24.0 Å². The highest BCUT2D eigenvalue weighted by Crippen LogP contribution is 2.59. The topological polar surface area (TPSA) is 125 Å². The lowest BCUT2D eigenvalue weighted by atomic mass is 9.70. The number of allylic oxidation sites excluding steroid dienone is 1. The summed E-state index contributed by atoms with van der Waals surface area (Å²) in [5, 5.41) is 12.5. The van der Waals surface area contributed by atoms with E-state index in [9.17, 15) is 24.3 Å². The number of hydrogen-bond donors (Lipinski definition) is 2. The lowest BCUT2D eigenvalue weighted by Crippen LogP contribution is -2.61. The van der Waals surface area contributed by atoms with Crippen molar-refractivity contribution in [1.82, 2.24) is 15.1 Å². The summed E-state index contributed by atoms with van der Waals surface area (Å²) in [6.45, 7) is 20.4. The second kappa shape index (κ2) is 15.6. The molecule has 49 heavy (non-hydrogen) atoms. The van der Waals surface area contributed by atoms with E-state index in [2.05, 4.69) is 39.2 Å². The maximum absolute atomic E-state index is 14.9. The zero-order valence-electron chi connectivity index (χ0n) is 30.3. The molecule has 10 nitrogen and oxygen atoms in total. The fourth-order valence-corrected chi connectivity index (χ4v) is 8.58. The Balaban J connectivity index is 1.69. The number of carbonyl (C=O) groups is 4. The third kappa shape index (κ3) is 8.12. The number of carbonyl (C=O) groups excluding carboxylic acids is 4. The Kier molecular flexibility index (Phi) is 12.2. The van der Waals surface area contributed by atoms with Gasteiger partial charge in [-0.05, 0) is 70.3 Å². The molecule has 3 aliphatic heterocycles. The predicted octanol–water partition coefficient (Wildman–Crippen LogP) is 5.12. The minimum atomic E-state index is -1.19. The van der Waals surface area contributed by atoms with Crippen LogP contribution >= 0.6 is 0 Å². The highest BCUT2D eigenvalue weighted by atomic mass is 16.6. The van der Waals surface area contributed by atoms with Crippen LogP contribution in [0.2, 0.25) is 0 Å². The number of ether oxygens (including phenoxy) is 2. The molecule has 0 unspecified atom stereocenters. The first-order valence-corrected chi connectivity index (χ1v) is 17.8.